The fraction of sp³-hybridized carbons (Fsp3) is 0.167. The lowest BCUT2D eigenvalue weighted by Gasteiger charge is -2.11. The number of anilines is 1. The maximum atomic E-state index is 12.3. The molecule has 0 unspecified atom stereocenters. The molecule has 0 fully saturated rings. The Morgan fingerprint density at radius 2 is 1.87 bits per heavy atom. The third-order valence-corrected chi connectivity index (χ3v) is 3.69. The number of aryl methyl sites for hydroxylation is 2. The molecule has 0 radical (unpaired) electrons. The summed E-state index contributed by atoms with van der Waals surface area (Å²) in [5.74, 6) is 0.278. The molecule has 0 aliphatic rings. The minimum absolute atomic E-state index is 0.0544. The van der Waals surface area contributed by atoms with Crippen LogP contribution in [-0.2, 0) is 11.3 Å². The molecule has 0 aliphatic carbocycles. The molecule has 3 aromatic rings. The number of nitrogens with one attached hydrogen (secondary N) is 1. The van der Waals surface area contributed by atoms with Crippen LogP contribution < -0.4 is 10.9 Å². The Kier molecular flexibility index (Phi) is 3.93. The van der Waals surface area contributed by atoms with E-state index in [0.717, 1.165) is 16.5 Å². The summed E-state index contributed by atoms with van der Waals surface area (Å²) in [5.41, 5.74) is 1.17. The minimum Gasteiger partial charge on any atom is -0.324 e. The van der Waals surface area contributed by atoms with Gasteiger partial charge < -0.3 is 5.32 Å². The smallest absolute Gasteiger partial charge is 0.254 e. The number of carbonyl (C=O) groups excluding carboxylic acids is 1. The van der Waals surface area contributed by atoms with Gasteiger partial charge in [-0.25, -0.2) is 4.98 Å². The van der Waals surface area contributed by atoms with Gasteiger partial charge in [-0.1, -0.05) is 36.4 Å². The van der Waals surface area contributed by atoms with Crippen LogP contribution in [0, 0.1) is 13.8 Å². The fourth-order valence-corrected chi connectivity index (χ4v) is 2.62. The van der Waals surface area contributed by atoms with E-state index in [0.29, 0.717) is 11.5 Å². The van der Waals surface area contributed by atoms with Gasteiger partial charge >= 0.3 is 0 Å². The molecular weight excluding hydrogens is 290 g/mol. The van der Waals surface area contributed by atoms with Crippen molar-refractivity contribution >= 4 is 22.4 Å². The fourth-order valence-electron chi connectivity index (χ4n) is 2.62. The van der Waals surface area contributed by atoms with Gasteiger partial charge in [-0.3, -0.25) is 14.2 Å². The number of benzene rings is 2. The first kappa shape index (κ1) is 15.0. The van der Waals surface area contributed by atoms with Gasteiger partial charge in [0.15, 0.2) is 0 Å². The van der Waals surface area contributed by atoms with Crippen molar-refractivity contribution in [1.82, 2.24) is 9.55 Å². The Morgan fingerprint density at radius 1 is 1.13 bits per heavy atom. The van der Waals surface area contributed by atoms with Gasteiger partial charge in [0.1, 0.15) is 12.4 Å². The largest absolute Gasteiger partial charge is 0.324 e. The summed E-state index contributed by atoms with van der Waals surface area (Å²) in [6.45, 7) is 3.43. The van der Waals surface area contributed by atoms with Crippen LogP contribution in [0.2, 0.25) is 0 Å². The highest BCUT2D eigenvalue weighted by Crippen LogP contribution is 2.22. The van der Waals surface area contributed by atoms with E-state index < -0.39 is 0 Å². The van der Waals surface area contributed by atoms with Gasteiger partial charge in [-0.15, -0.1) is 0 Å². The van der Waals surface area contributed by atoms with E-state index in [1.54, 1.807) is 13.8 Å². The van der Waals surface area contributed by atoms with Crippen LogP contribution >= 0.6 is 0 Å². The van der Waals surface area contributed by atoms with E-state index in [1.165, 1.54) is 10.6 Å². The van der Waals surface area contributed by atoms with E-state index in [9.17, 15) is 9.59 Å². The van der Waals surface area contributed by atoms with Crippen molar-refractivity contribution in [3.63, 3.8) is 0 Å². The van der Waals surface area contributed by atoms with Crippen molar-refractivity contribution in [2.24, 2.45) is 0 Å². The third kappa shape index (κ3) is 3.13. The molecule has 23 heavy (non-hydrogen) atoms. The SMILES string of the molecule is Cc1cc(=O)n(CC(=O)Nc2cccc3ccccc23)c(C)n1. The summed E-state index contributed by atoms with van der Waals surface area (Å²) >= 11 is 0. The Hall–Kier alpha value is -2.95. The molecule has 5 heteroatoms. The zero-order chi connectivity index (χ0) is 16.4. The van der Waals surface area contributed by atoms with Crippen LogP contribution in [0.3, 0.4) is 0 Å². The molecule has 0 saturated heterocycles. The number of aromatic nitrogens is 2. The molecule has 116 valence electrons. The first-order valence-corrected chi connectivity index (χ1v) is 7.37. The quantitative estimate of drug-likeness (QED) is 0.809. The Morgan fingerprint density at radius 3 is 2.65 bits per heavy atom. The van der Waals surface area contributed by atoms with Crippen molar-refractivity contribution in [3.8, 4) is 0 Å². The Balaban J connectivity index is 1.86. The van der Waals surface area contributed by atoms with E-state index in [4.69, 9.17) is 0 Å². The predicted octanol–water partition coefficient (Wildman–Crippen LogP) is 2.65. The number of hydrogen-bond acceptors (Lipinski definition) is 3. The van der Waals surface area contributed by atoms with Gasteiger partial charge in [0.2, 0.25) is 5.91 Å². The van der Waals surface area contributed by atoms with Gasteiger partial charge in [0.05, 0.1) is 0 Å². The van der Waals surface area contributed by atoms with Crippen LogP contribution in [0.25, 0.3) is 10.8 Å². The number of hydrogen-bond donors (Lipinski definition) is 1. The molecule has 0 atom stereocenters. The number of amides is 1. The summed E-state index contributed by atoms with van der Waals surface area (Å²) in [7, 11) is 0. The molecule has 0 saturated carbocycles. The van der Waals surface area contributed by atoms with Crippen LogP contribution in [0.4, 0.5) is 5.69 Å². The second kappa shape index (κ2) is 6.04. The molecule has 0 spiro atoms. The van der Waals surface area contributed by atoms with E-state index >= 15 is 0 Å². The molecule has 0 bridgehead atoms. The average Bonchev–Trinajstić information content (AvgIpc) is 2.51. The number of rotatable bonds is 3. The number of carbonyl (C=O) groups is 1. The lowest BCUT2D eigenvalue weighted by atomic mass is 10.1. The van der Waals surface area contributed by atoms with E-state index in [1.807, 2.05) is 42.5 Å². The predicted molar refractivity (Wildman–Crippen MR) is 90.5 cm³/mol. The summed E-state index contributed by atoms with van der Waals surface area (Å²) in [5, 5.41) is 4.89. The van der Waals surface area contributed by atoms with Gasteiger partial charge in [0, 0.05) is 22.8 Å². The highest BCUT2D eigenvalue weighted by molar-refractivity contribution is 6.02. The number of fused-ring (bicyclic) bond motifs is 1. The molecule has 2 aromatic carbocycles. The zero-order valence-corrected chi connectivity index (χ0v) is 13.0. The second-order valence-corrected chi connectivity index (χ2v) is 5.44. The summed E-state index contributed by atoms with van der Waals surface area (Å²) in [6, 6.07) is 15.0. The van der Waals surface area contributed by atoms with E-state index in [2.05, 4.69) is 10.3 Å². The maximum absolute atomic E-state index is 12.3. The highest BCUT2D eigenvalue weighted by atomic mass is 16.2. The molecule has 1 aromatic heterocycles. The zero-order valence-electron chi connectivity index (χ0n) is 13.0. The standard InChI is InChI=1S/C18H17N3O2/c1-12-10-18(23)21(13(2)19-12)11-17(22)20-16-9-5-7-14-6-3-4-8-15(14)16/h3-10H,11H2,1-2H3,(H,20,22). The highest BCUT2D eigenvalue weighted by Gasteiger charge is 2.10. The van der Waals surface area contributed by atoms with Crippen molar-refractivity contribution in [1.29, 1.82) is 0 Å². The molecule has 1 amide bonds. The molecule has 1 heterocycles. The minimum atomic E-state index is -0.253. The molecule has 5 nitrogen and oxygen atoms in total. The van der Waals surface area contributed by atoms with Crippen molar-refractivity contribution in [3.05, 3.63) is 70.4 Å². The van der Waals surface area contributed by atoms with Crippen molar-refractivity contribution < 1.29 is 4.79 Å². The normalized spacial score (nSPS) is 10.7. The van der Waals surface area contributed by atoms with Gasteiger partial charge in [0.25, 0.3) is 5.56 Å². The molecule has 3 rings (SSSR count). The first-order chi connectivity index (χ1) is 11.0. The van der Waals surface area contributed by atoms with Gasteiger partial charge in [-0.2, -0.15) is 0 Å². The summed E-state index contributed by atoms with van der Waals surface area (Å²) < 4.78 is 1.37. The average molecular weight is 307 g/mol. The number of nitrogens with zero attached hydrogens (tertiary/aromatic N) is 2. The summed E-state index contributed by atoms with van der Waals surface area (Å²) in [4.78, 5) is 28.5. The molecule has 0 aliphatic heterocycles. The van der Waals surface area contributed by atoms with Crippen LogP contribution in [0.1, 0.15) is 11.5 Å². The van der Waals surface area contributed by atoms with Crippen LogP contribution in [0.5, 0.6) is 0 Å². The monoisotopic (exact) mass is 307 g/mol. The lowest BCUT2D eigenvalue weighted by Crippen LogP contribution is -2.30. The maximum Gasteiger partial charge on any atom is 0.254 e. The van der Waals surface area contributed by atoms with Crippen LogP contribution in [0.15, 0.2) is 53.3 Å². The summed E-state index contributed by atoms with van der Waals surface area (Å²) in [6.07, 6.45) is 0. The van der Waals surface area contributed by atoms with Crippen molar-refractivity contribution in [2.75, 3.05) is 5.32 Å². The topological polar surface area (TPSA) is 64.0 Å². The first-order valence-electron chi connectivity index (χ1n) is 7.37. The Labute approximate surface area is 133 Å². The van der Waals surface area contributed by atoms with Gasteiger partial charge in [-0.05, 0) is 25.3 Å². The molecular formula is C18H17N3O2. The second-order valence-electron chi connectivity index (χ2n) is 5.44. The lowest BCUT2D eigenvalue weighted by molar-refractivity contribution is -0.116. The van der Waals surface area contributed by atoms with Crippen molar-refractivity contribution in [2.45, 2.75) is 20.4 Å². The molecule has 1 N–H and O–H groups in total. The van der Waals surface area contributed by atoms with Crippen LogP contribution in [-0.4, -0.2) is 15.5 Å². The Bertz CT molecular complexity index is 939. The van der Waals surface area contributed by atoms with E-state index in [-0.39, 0.29) is 18.0 Å². The third-order valence-electron chi connectivity index (χ3n) is 3.69.